The number of nitrogens with zero attached hydrogens (tertiary/aromatic N) is 1. The van der Waals surface area contributed by atoms with Gasteiger partial charge >= 0.3 is 0 Å². The van der Waals surface area contributed by atoms with Gasteiger partial charge in [0, 0.05) is 22.2 Å². The number of nitrogens with one attached hydrogen (secondary N) is 1. The van der Waals surface area contributed by atoms with Gasteiger partial charge in [-0.25, -0.2) is 0 Å². The van der Waals surface area contributed by atoms with Gasteiger partial charge in [-0.3, -0.25) is 4.79 Å². The summed E-state index contributed by atoms with van der Waals surface area (Å²) in [6.45, 7) is 3.07. The zero-order chi connectivity index (χ0) is 12.7. The molecule has 0 bridgehead atoms. The molecule has 2 unspecified atom stereocenters. The van der Waals surface area contributed by atoms with Crippen LogP contribution >= 0.6 is 22.6 Å². The number of carbonyl (C=O) groups is 1. The molecule has 4 heteroatoms. The number of aryl methyl sites for hydroxylation is 1. The molecule has 2 atom stereocenters. The Morgan fingerprint density at radius 2 is 2.28 bits per heavy atom. The Kier molecular flexibility index (Phi) is 3.21. The van der Waals surface area contributed by atoms with Crippen molar-refractivity contribution in [2.45, 2.75) is 38.3 Å². The topological polar surface area (TPSA) is 32.3 Å². The quantitative estimate of drug-likeness (QED) is 0.827. The van der Waals surface area contributed by atoms with Crippen LogP contribution in [-0.2, 0) is 4.79 Å². The summed E-state index contributed by atoms with van der Waals surface area (Å²) < 4.78 is 1.27. The number of carbonyl (C=O) groups excluding carboxylic acids is 1. The summed E-state index contributed by atoms with van der Waals surface area (Å²) in [5, 5.41) is 3.54. The van der Waals surface area contributed by atoms with Gasteiger partial charge in [-0.05, 0) is 60.1 Å². The van der Waals surface area contributed by atoms with Crippen LogP contribution in [0.4, 0.5) is 5.69 Å². The monoisotopic (exact) mass is 356 g/mol. The second kappa shape index (κ2) is 4.72. The highest BCUT2D eigenvalue weighted by molar-refractivity contribution is 14.1. The van der Waals surface area contributed by atoms with E-state index < -0.39 is 0 Å². The van der Waals surface area contributed by atoms with E-state index in [0.717, 1.165) is 25.1 Å². The fraction of sp³-hybridized carbons (Fsp3) is 0.500. The Bertz CT molecular complexity index is 489. The van der Waals surface area contributed by atoms with Gasteiger partial charge in [-0.2, -0.15) is 0 Å². The maximum atomic E-state index is 11.9. The predicted octanol–water partition coefficient (Wildman–Crippen LogP) is 2.77. The van der Waals surface area contributed by atoms with E-state index in [1.54, 1.807) is 0 Å². The molecule has 0 saturated carbocycles. The zero-order valence-corrected chi connectivity index (χ0v) is 12.6. The Morgan fingerprint density at radius 3 is 3.06 bits per heavy atom. The molecule has 2 fully saturated rings. The molecule has 96 valence electrons. The third kappa shape index (κ3) is 2.11. The Hall–Kier alpha value is -0.780. The van der Waals surface area contributed by atoms with Crippen molar-refractivity contribution in [2.24, 2.45) is 0 Å². The third-order valence-corrected chi connectivity index (χ3v) is 5.16. The third-order valence-electron chi connectivity index (χ3n) is 4.00. The normalized spacial score (nSPS) is 26.6. The van der Waals surface area contributed by atoms with E-state index in [-0.39, 0.29) is 0 Å². The Labute approximate surface area is 121 Å². The standard InChI is InChI=1S/C14H17IN2O/c1-9-4-5-10(7-11(9)15)16-12-8-14(18)17-6-2-3-13(12)17/h4-5,7,12-13,16H,2-3,6,8H2,1H3. The smallest absolute Gasteiger partial charge is 0.225 e. The van der Waals surface area contributed by atoms with Gasteiger partial charge in [0.05, 0.1) is 12.1 Å². The molecule has 2 saturated heterocycles. The molecular weight excluding hydrogens is 339 g/mol. The highest BCUT2D eigenvalue weighted by Gasteiger charge is 2.42. The van der Waals surface area contributed by atoms with Crippen LogP contribution in [0.25, 0.3) is 0 Å². The lowest BCUT2D eigenvalue weighted by molar-refractivity contribution is -0.127. The molecule has 1 N–H and O–H groups in total. The maximum absolute atomic E-state index is 11.9. The first-order valence-electron chi connectivity index (χ1n) is 6.47. The highest BCUT2D eigenvalue weighted by atomic mass is 127. The lowest BCUT2D eigenvalue weighted by atomic mass is 10.1. The van der Waals surface area contributed by atoms with Gasteiger partial charge in [-0.15, -0.1) is 0 Å². The van der Waals surface area contributed by atoms with E-state index in [1.165, 1.54) is 9.13 Å². The molecule has 2 aliphatic rings. The Balaban J connectivity index is 1.76. The van der Waals surface area contributed by atoms with Crippen LogP contribution < -0.4 is 5.32 Å². The summed E-state index contributed by atoms with van der Waals surface area (Å²) in [4.78, 5) is 13.9. The Morgan fingerprint density at radius 1 is 1.44 bits per heavy atom. The van der Waals surface area contributed by atoms with Crippen LogP contribution in [0.2, 0.25) is 0 Å². The van der Waals surface area contributed by atoms with E-state index >= 15 is 0 Å². The molecule has 0 spiro atoms. The van der Waals surface area contributed by atoms with Crippen LogP contribution in [0.5, 0.6) is 0 Å². The second-order valence-corrected chi connectivity index (χ2v) is 6.38. The number of hydrogen-bond donors (Lipinski definition) is 1. The van der Waals surface area contributed by atoms with Crippen molar-refractivity contribution < 1.29 is 4.79 Å². The van der Waals surface area contributed by atoms with Crippen molar-refractivity contribution in [3.8, 4) is 0 Å². The molecule has 1 aromatic carbocycles. The summed E-state index contributed by atoms with van der Waals surface area (Å²) in [6.07, 6.45) is 2.95. The summed E-state index contributed by atoms with van der Waals surface area (Å²) in [6, 6.07) is 7.11. The van der Waals surface area contributed by atoms with Gasteiger partial charge in [0.2, 0.25) is 5.91 Å². The van der Waals surface area contributed by atoms with Gasteiger partial charge in [-0.1, -0.05) is 6.07 Å². The van der Waals surface area contributed by atoms with Crippen molar-refractivity contribution in [3.63, 3.8) is 0 Å². The van der Waals surface area contributed by atoms with E-state index in [4.69, 9.17) is 0 Å². The molecule has 1 amide bonds. The zero-order valence-electron chi connectivity index (χ0n) is 10.4. The molecule has 1 aromatic rings. The minimum Gasteiger partial charge on any atom is -0.380 e. The first-order chi connectivity index (χ1) is 8.65. The number of halogens is 1. The van der Waals surface area contributed by atoms with Gasteiger partial charge in [0.25, 0.3) is 0 Å². The van der Waals surface area contributed by atoms with Crippen molar-refractivity contribution in [1.82, 2.24) is 4.90 Å². The first kappa shape index (κ1) is 12.3. The molecule has 0 aliphatic carbocycles. The van der Waals surface area contributed by atoms with Crippen LogP contribution in [0, 0.1) is 10.5 Å². The largest absolute Gasteiger partial charge is 0.380 e. The summed E-state index contributed by atoms with van der Waals surface area (Å²) in [5.41, 5.74) is 2.43. The minimum absolute atomic E-state index is 0.290. The van der Waals surface area contributed by atoms with Crippen LogP contribution in [0.1, 0.15) is 24.8 Å². The number of hydrogen-bond acceptors (Lipinski definition) is 2. The lowest BCUT2D eigenvalue weighted by Crippen LogP contribution is -2.34. The van der Waals surface area contributed by atoms with Gasteiger partial charge < -0.3 is 10.2 Å². The highest BCUT2D eigenvalue weighted by Crippen LogP contribution is 2.31. The fourth-order valence-electron chi connectivity index (χ4n) is 3.01. The molecule has 3 nitrogen and oxygen atoms in total. The van der Waals surface area contributed by atoms with E-state index in [9.17, 15) is 4.79 Å². The SMILES string of the molecule is Cc1ccc(NC2CC(=O)N3CCCC23)cc1I. The molecule has 18 heavy (non-hydrogen) atoms. The van der Waals surface area contributed by atoms with Gasteiger partial charge in [0.1, 0.15) is 0 Å². The maximum Gasteiger partial charge on any atom is 0.225 e. The average molecular weight is 356 g/mol. The van der Waals surface area contributed by atoms with Crippen molar-refractivity contribution in [3.05, 3.63) is 27.3 Å². The first-order valence-corrected chi connectivity index (χ1v) is 7.55. The van der Waals surface area contributed by atoms with E-state index in [0.29, 0.717) is 24.4 Å². The van der Waals surface area contributed by atoms with Crippen molar-refractivity contribution in [2.75, 3.05) is 11.9 Å². The molecule has 0 aromatic heterocycles. The van der Waals surface area contributed by atoms with Crippen LogP contribution in [0.3, 0.4) is 0 Å². The number of rotatable bonds is 2. The summed E-state index contributed by atoms with van der Waals surface area (Å²) in [7, 11) is 0. The van der Waals surface area contributed by atoms with Gasteiger partial charge in [0.15, 0.2) is 0 Å². The van der Waals surface area contributed by atoms with Crippen molar-refractivity contribution in [1.29, 1.82) is 0 Å². The number of benzene rings is 1. The minimum atomic E-state index is 0.290. The number of fused-ring (bicyclic) bond motifs is 1. The second-order valence-electron chi connectivity index (χ2n) is 5.22. The molecule has 3 rings (SSSR count). The van der Waals surface area contributed by atoms with Crippen molar-refractivity contribution >= 4 is 34.2 Å². The average Bonchev–Trinajstić information content (AvgIpc) is 2.90. The number of anilines is 1. The van der Waals surface area contributed by atoms with E-state index in [1.807, 2.05) is 0 Å². The molecule has 0 radical (unpaired) electrons. The number of amides is 1. The molecular formula is C14H17IN2O. The van der Waals surface area contributed by atoms with Crippen LogP contribution in [0.15, 0.2) is 18.2 Å². The summed E-state index contributed by atoms with van der Waals surface area (Å²) in [5.74, 6) is 0.316. The molecule has 2 aliphatic heterocycles. The van der Waals surface area contributed by atoms with Crippen LogP contribution in [-0.4, -0.2) is 29.4 Å². The predicted molar refractivity (Wildman–Crippen MR) is 80.7 cm³/mol. The summed E-state index contributed by atoms with van der Waals surface area (Å²) >= 11 is 2.35. The molecule has 2 heterocycles. The lowest BCUT2D eigenvalue weighted by Gasteiger charge is -2.22. The van der Waals surface area contributed by atoms with E-state index in [2.05, 4.69) is 57.9 Å². The fourth-order valence-corrected chi connectivity index (χ4v) is 3.52.